The Morgan fingerprint density at radius 1 is 1.22 bits per heavy atom. The second-order valence-electron chi connectivity index (χ2n) is 7.48. The molecule has 27 heavy (non-hydrogen) atoms. The van der Waals surface area contributed by atoms with Crippen molar-refractivity contribution >= 4 is 26.7 Å². The lowest BCUT2D eigenvalue weighted by atomic mass is 10.1. The van der Waals surface area contributed by atoms with E-state index >= 15 is 0 Å². The Morgan fingerprint density at radius 3 is 2.85 bits per heavy atom. The lowest BCUT2D eigenvalue weighted by Crippen LogP contribution is -2.25. The predicted octanol–water partition coefficient (Wildman–Crippen LogP) is 2.98. The fourth-order valence-electron chi connectivity index (χ4n) is 3.68. The summed E-state index contributed by atoms with van der Waals surface area (Å²) in [6, 6.07) is 13.9. The number of anilines is 1. The van der Waals surface area contributed by atoms with Gasteiger partial charge in [0.1, 0.15) is 5.65 Å². The zero-order valence-corrected chi connectivity index (χ0v) is 16.4. The third kappa shape index (κ3) is 3.84. The molecule has 1 aliphatic heterocycles. The molecule has 1 N–H and O–H groups in total. The highest BCUT2D eigenvalue weighted by Gasteiger charge is 2.33. The van der Waals surface area contributed by atoms with Crippen LogP contribution in [0.3, 0.4) is 0 Å². The van der Waals surface area contributed by atoms with Crippen molar-refractivity contribution in [2.24, 2.45) is 5.92 Å². The van der Waals surface area contributed by atoms with E-state index in [-0.39, 0.29) is 11.7 Å². The van der Waals surface area contributed by atoms with Crippen LogP contribution >= 0.6 is 0 Å². The lowest BCUT2D eigenvalue weighted by molar-refractivity contribution is 0.315. The zero-order chi connectivity index (χ0) is 19.0. The van der Waals surface area contributed by atoms with Crippen molar-refractivity contribution in [3.05, 3.63) is 59.9 Å². The molecule has 6 nitrogen and oxygen atoms in total. The van der Waals surface area contributed by atoms with Gasteiger partial charge in [-0.25, -0.2) is 13.4 Å². The minimum Gasteiger partial charge on any atom is -0.346 e. The Bertz CT molecular complexity index is 1060. The van der Waals surface area contributed by atoms with Crippen LogP contribution in [0.25, 0.3) is 11.0 Å². The summed E-state index contributed by atoms with van der Waals surface area (Å²) in [4.78, 5) is 9.96. The lowest BCUT2D eigenvalue weighted by Gasteiger charge is -2.20. The molecule has 2 aromatic heterocycles. The second kappa shape index (κ2) is 6.98. The van der Waals surface area contributed by atoms with E-state index in [0.29, 0.717) is 6.54 Å². The van der Waals surface area contributed by atoms with E-state index < -0.39 is 10.0 Å². The molecular formula is C20H24N4O2S. The maximum atomic E-state index is 12.3. The van der Waals surface area contributed by atoms with Gasteiger partial charge in [0.2, 0.25) is 10.0 Å². The van der Waals surface area contributed by atoms with Gasteiger partial charge >= 0.3 is 0 Å². The number of aromatic nitrogens is 2. The topological polar surface area (TPSA) is 69.3 Å². The van der Waals surface area contributed by atoms with Gasteiger partial charge in [-0.15, -0.1) is 0 Å². The fraction of sp³-hybridized carbons (Fsp3) is 0.350. The van der Waals surface area contributed by atoms with Crippen LogP contribution in [-0.4, -0.2) is 42.6 Å². The smallest absolute Gasteiger partial charge is 0.235 e. The van der Waals surface area contributed by atoms with Crippen molar-refractivity contribution in [2.75, 3.05) is 23.7 Å². The minimum atomic E-state index is -3.19. The van der Waals surface area contributed by atoms with Crippen molar-refractivity contribution < 1.29 is 8.42 Å². The highest BCUT2D eigenvalue weighted by atomic mass is 32.2. The molecule has 4 rings (SSSR count). The van der Waals surface area contributed by atoms with Gasteiger partial charge in [-0.05, 0) is 48.9 Å². The molecule has 0 amide bonds. The first-order chi connectivity index (χ1) is 12.9. The molecule has 1 atom stereocenters. The van der Waals surface area contributed by atoms with Crippen LogP contribution in [0.1, 0.15) is 18.2 Å². The summed E-state index contributed by atoms with van der Waals surface area (Å²) < 4.78 is 26.2. The van der Waals surface area contributed by atoms with E-state index in [4.69, 9.17) is 0 Å². The Morgan fingerprint density at radius 2 is 2.07 bits per heavy atom. The Kier molecular flexibility index (Phi) is 4.65. The number of rotatable bonds is 5. The van der Waals surface area contributed by atoms with E-state index in [9.17, 15) is 8.42 Å². The van der Waals surface area contributed by atoms with E-state index in [1.54, 1.807) is 4.31 Å². The highest BCUT2D eigenvalue weighted by Crippen LogP contribution is 2.27. The largest absolute Gasteiger partial charge is 0.346 e. The van der Waals surface area contributed by atoms with Crippen molar-refractivity contribution in [2.45, 2.75) is 20.0 Å². The van der Waals surface area contributed by atoms with Crippen molar-refractivity contribution in [3.8, 4) is 0 Å². The number of nitrogens with zero attached hydrogens (tertiary/aromatic N) is 3. The van der Waals surface area contributed by atoms with Gasteiger partial charge in [-0.3, -0.25) is 9.21 Å². The summed E-state index contributed by atoms with van der Waals surface area (Å²) in [6.07, 6.45) is 1.89. The van der Waals surface area contributed by atoms with Gasteiger partial charge in [0.15, 0.2) is 0 Å². The number of fused-ring (bicyclic) bond motifs is 1. The maximum Gasteiger partial charge on any atom is 0.235 e. The van der Waals surface area contributed by atoms with E-state index in [0.717, 1.165) is 41.1 Å². The number of benzene rings is 1. The summed E-state index contributed by atoms with van der Waals surface area (Å²) in [5, 5.41) is 1.11. The Balaban J connectivity index is 1.47. The minimum absolute atomic E-state index is 0.162. The maximum absolute atomic E-state index is 12.3. The van der Waals surface area contributed by atoms with Crippen LogP contribution in [-0.2, 0) is 23.1 Å². The van der Waals surface area contributed by atoms with Gasteiger partial charge in [0.25, 0.3) is 0 Å². The summed E-state index contributed by atoms with van der Waals surface area (Å²) >= 11 is 0. The first-order valence-electron chi connectivity index (χ1n) is 9.11. The van der Waals surface area contributed by atoms with Crippen LogP contribution in [0, 0.1) is 5.92 Å². The van der Waals surface area contributed by atoms with Crippen LogP contribution in [0.2, 0.25) is 0 Å². The number of sulfonamides is 1. The predicted molar refractivity (Wildman–Crippen MR) is 108 cm³/mol. The molecular weight excluding hydrogens is 360 g/mol. The first kappa shape index (κ1) is 18.0. The molecule has 1 aromatic carbocycles. The molecule has 3 heterocycles. The van der Waals surface area contributed by atoms with Gasteiger partial charge in [-0.2, -0.15) is 0 Å². The molecule has 0 spiro atoms. The summed E-state index contributed by atoms with van der Waals surface area (Å²) in [5.74, 6) is 0.389. The van der Waals surface area contributed by atoms with Crippen molar-refractivity contribution in [1.82, 2.24) is 14.9 Å². The van der Waals surface area contributed by atoms with E-state index in [1.165, 1.54) is 0 Å². The highest BCUT2D eigenvalue weighted by molar-refractivity contribution is 7.93. The molecule has 1 unspecified atom stereocenters. The average molecular weight is 385 g/mol. The fourth-order valence-corrected chi connectivity index (χ4v) is 5.60. The third-order valence-electron chi connectivity index (χ3n) is 4.86. The molecule has 3 aromatic rings. The molecule has 0 saturated carbocycles. The SMILES string of the molecule is CC1CN(c2cccc(CN(C)Cc3ccc4cc[nH]c4n3)c2)S(=O)(=O)C1. The van der Waals surface area contributed by atoms with Gasteiger partial charge < -0.3 is 4.98 Å². The van der Waals surface area contributed by atoms with Crippen LogP contribution in [0.15, 0.2) is 48.7 Å². The average Bonchev–Trinajstić information content (AvgIpc) is 3.17. The first-order valence-corrected chi connectivity index (χ1v) is 10.7. The zero-order valence-electron chi connectivity index (χ0n) is 15.6. The van der Waals surface area contributed by atoms with E-state index in [2.05, 4.69) is 20.9 Å². The normalized spacial score (nSPS) is 19.2. The van der Waals surface area contributed by atoms with Crippen LogP contribution in [0.4, 0.5) is 5.69 Å². The summed E-state index contributed by atoms with van der Waals surface area (Å²) in [6.45, 7) is 3.98. The standard InChI is InChI=1S/C20H24N4O2S/c1-15-11-24(27(25,26)14-15)19-5-3-4-16(10-19)12-23(2)13-18-7-6-17-8-9-21-20(17)22-18/h3-10,15H,11-14H2,1-2H3,(H,21,22). The van der Waals surface area contributed by atoms with Crippen molar-refractivity contribution in [3.63, 3.8) is 0 Å². The Labute approximate surface area is 159 Å². The quantitative estimate of drug-likeness (QED) is 0.734. The van der Waals surface area contributed by atoms with Gasteiger partial charge in [-0.1, -0.05) is 19.1 Å². The number of pyridine rings is 1. The number of aromatic amines is 1. The van der Waals surface area contributed by atoms with Gasteiger partial charge in [0, 0.05) is 31.2 Å². The van der Waals surface area contributed by atoms with Gasteiger partial charge in [0.05, 0.1) is 17.1 Å². The van der Waals surface area contributed by atoms with Crippen LogP contribution in [0.5, 0.6) is 0 Å². The molecule has 0 aliphatic carbocycles. The third-order valence-corrected chi connectivity index (χ3v) is 6.88. The summed E-state index contributed by atoms with van der Waals surface area (Å²) in [7, 11) is -1.15. The Hall–Kier alpha value is -2.38. The number of hydrogen-bond donors (Lipinski definition) is 1. The molecule has 1 fully saturated rings. The number of nitrogens with one attached hydrogen (secondary N) is 1. The summed E-state index contributed by atoms with van der Waals surface area (Å²) in [5.41, 5.74) is 3.75. The number of hydrogen-bond acceptors (Lipinski definition) is 4. The molecule has 142 valence electrons. The monoisotopic (exact) mass is 384 g/mol. The number of H-pyrrole nitrogens is 1. The second-order valence-corrected chi connectivity index (χ2v) is 9.41. The van der Waals surface area contributed by atoms with Crippen molar-refractivity contribution in [1.29, 1.82) is 0 Å². The molecule has 0 radical (unpaired) electrons. The molecule has 1 saturated heterocycles. The van der Waals surface area contributed by atoms with Crippen LogP contribution < -0.4 is 4.31 Å². The van der Waals surface area contributed by atoms with E-state index in [1.807, 2.05) is 56.6 Å². The molecule has 0 bridgehead atoms. The molecule has 7 heteroatoms. The molecule has 1 aliphatic rings.